The Morgan fingerprint density at radius 1 is 1.38 bits per heavy atom. The van der Waals surface area contributed by atoms with Crippen molar-refractivity contribution in [3.63, 3.8) is 0 Å². The zero-order valence-corrected chi connectivity index (χ0v) is 7.02. The van der Waals surface area contributed by atoms with E-state index in [0.29, 0.717) is 5.38 Å². The van der Waals surface area contributed by atoms with E-state index in [1.54, 1.807) is 6.08 Å². The van der Waals surface area contributed by atoms with Gasteiger partial charge in [-0.1, -0.05) is 25.7 Å². The zero-order chi connectivity index (χ0) is 6.78. The molecule has 0 aromatic heterocycles. The van der Waals surface area contributed by atoms with Gasteiger partial charge in [0.15, 0.2) is 0 Å². The quantitative estimate of drug-likeness (QED) is 0.426. The number of hydrogen-bond donors (Lipinski definition) is 1. The molecule has 0 rings (SSSR count). The van der Waals surface area contributed by atoms with Crippen molar-refractivity contribution in [2.45, 2.75) is 26.6 Å². The summed E-state index contributed by atoms with van der Waals surface area (Å²) in [5.74, 6) is 0. The van der Waals surface area contributed by atoms with Crippen molar-refractivity contribution in [2.24, 2.45) is 0 Å². The molecular formula is C6H14OSi. The van der Waals surface area contributed by atoms with Gasteiger partial charge in [0.05, 0.1) is 5.38 Å². The van der Waals surface area contributed by atoms with Gasteiger partial charge in [0.2, 0.25) is 0 Å². The number of allylic oxidation sites excluding steroid dienone is 1. The van der Waals surface area contributed by atoms with E-state index in [1.807, 2.05) is 6.92 Å². The first-order valence-corrected chi connectivity index (χ1v) is 6.34. The van der Waals surface area contributed by atoms with Gasteiger partial charge >= 0.3 is 0 Å². The highest BCUT2D eigenvalue weighted by atomic mass is 28.3. The molecule has 1 nitrogen and oxygen atoms in total. The predicted molar refractivity (Wildman–Crippen MR) is 39.7 cm³/mol. The number of rotatable bonds is 1. The van der Waals surface area contributed by atoms with Gasteiger partial charge < -0.3 is 5.11 Å². The summed E-state index contributed by atoms with van der Waals surface area (Å²) in [4.78, 5) is 0. The Kier molecular flexibility index (Phi) is 2.28. The van der Waals surface area contributed by atoms with Gasteiger partial charge in [-0.3, -0.25) is 0 Å². The molecule has 48 valence electrons. The van der Waals surface area contributed by atoms with Gasteiger partial charge in [0.25, 0.3) is 0 Å². The van der Waals surface area contributed by atoms with Crippen LogP contribution in [-0.4, -0.2) is 13.2 Å². The summed E-state index contributed by atoms with van der Waals surface area (Å²) in [6.45, 7) is 8.21. The maximum atomic E-state index is 9.12. The lowest BCUT2D eigenvalue weighted by Gasteiger charge is -2.13. The summed E-state index contributed by atoms with van der Waals surface area (Å²) in [7, 11) is -1.34. The maximum Gasteiger partial charge on any atom is 0.121 e. The fraction of sp³-hybridized carbons (Fsp3) is 0.667. The molecule has 0 aromatic carbocycles. The molecule has 0 heterocycles. The van der Waals surface area contributed by atoms with Crippen molar-refractivity contribution in [3.8, 4) is 0 Å². The molecule has 0 aliphatic heterocycles. The van der Waals surface area contributed by atoms with Crippen molar-refractivity contribution >= 4 is 8.07 Å². The Morgan fingerprint density at radius 2 is 1.75 bits per heavy atom. The normalized spacial score (nSPS) is 14.2. The molecule has 0 unspecified atom stereocenters. The number of aliphatic hydroxyl groups is 1. The lowest BCUT2D eigenvalue weighted by Crippen LogP contribution is -2.23. The van der Waals surface area contributed by atoms with E-state index in [2.05, 4.69) is 19.6 Å². The first kappa shape index (κ1) is 7.76. The van der Waals surface area contributed by atoms with Crippen LogP contribution in [0, 0.1) is 0 Å². The van der Waals surface area contributed by atoms with Crippen LogP contribution in [0.3, 0.4) is 0 Å². The van der Waals surface area contributed by atoms with Crippen LogP contribution in [0.2, 0.25) is 19.6 Å². The Labute approximate surface area is 52.0 Å². The molecule has 8 heavy (non-hydrogen) atoms. The van der Waals surface area contributed by atoms with Crippen LogP contribution in [0.25, 0.3) is 0 Å². The van der Waals surface area contributed by atoms with Crippen molar-refractivity contribution < 1.29 is 5.11 Å². The molecule has 1 N–H and O–H groups in total. The van der Waals surface area contributed by atoms with Crippen LogP contribution >= 0.6 is 0 Å². The predicted octanol–water partition coefficient (Wildman–Crippen LogP) is 2.33. The van der Waals surface area contributed by atoms with Gasteiger partial charge in [-0.2, -0.15) is 0 Å². The summed E-state index contributed by atoms with van der Waals surface area (Å²) >= 11 is 0. The minimum absolute atomic E-state index is 0.595. The first-order chi connectivity index (χ1) is 3.48. The van der Waals surface area contributed by atoms with Crippen molar-refractivity contribution in [3.05, 3.63) is 11.5 Å². The highest BCUT2D eigenvalue weighted by molar-refractivity contribution is 6.82. The fourth-order valence-corrected chi connectivity index (χ4v) is 1.30. The fourth-order valence-electron chi connectivity index (χ4n) is 0.433. The largest absolute Gasteiger partial charge is 0.518 e. The Balaban J connectivity index is 4.03. The van der Waals surface area contributed by atoms with E-state index in [9.17, 15) is 0 Å². The third kappa shape index (κ3) is 2.16. The average Bonchev–Trinajstić information content (AvgIpc) is 1.62. The Bertz CT molecular complexity index is 99.6. The first-order valence-electron chi connectivity index (χ1n) is 2.84. The van der Waals surface area contributed by atoms with E-state index < -0.39 is 8.07 Å². The number of hydrogen-bond acceptors (Lipinski definition) is 1. The van der Waals surface area contributed by atoms with E-state index in [-0.39, 0.29) is 0 Å². The molecule has 0 spiro atoms. The number of aliphatic hydroxyl groups excluding tert-OH is 1. The summed E-state index contributed by atoms with van der Waals surface area (Å²) in [5, 5.41) is 9.71. The second kappa shape index (κ2) is 2.35. The molecule has 0 saturated heterocycles. The summed E-state index contributed by atoms with van der Waals surface area (Å²) < 4.78 is 0. The average molecular weight is 130 g/mol. The summed E-state index contributed by atoms with van der Waals surface area (Å²) in [6, 6.07) is 0. The third-order valence-corrected chi connectivity index (χ3v) is 2.87. The smallest absolute Gasteiger partial charge is 0.121 e. The lowest BCUT2D eigenvalue weighted by molar-refractivity contribution is 0.443. The van der Waals surface area contributed by atoms with Gasteiger partial charge in [-0.05, 0) is 6.92 Å². The van der Waals surface area contributed by atoms with Crippen molar-refractivity contribution in [2.75, 3.05) is 0 Å². The van der Waals surface area contributed by atoms with Gasteiger partial charge in [0, 0.05) is 0 Å². The van der Waals surface area contributed by atoms with E-state index >= 15 is 0 Å². The Hall–Kier alpha value is -0.243. The van der Waals surface area contributed by atoms with Crippen LogP contribution in [0.1, 0.15) is 6.92 Å². The molecule has 0 bridgehead atoms. The van der Waals surface area contributed by atoms with Crippen LogP contribution in [-0.2, 0) is 0 Å². The minimum atomic E-state index is -1.34. The van der Waals surface area contributed by atoms with Gasteiger partial charge in [0.1, 0.15) is 8.07 Å². The van der Waals surface area contributed by atoms with E-state index in [4.69, 9.17) is 5.11 Å². The molecule has 0 radical (unpaired) electrons. The second-order valence-corrected chi connectivity index (χ2v) is 7.94. The standard InChI is InChI=1S/C6H14OSi/c1-5-6(7)8(2,3)4/h5,7H,1-4H3. The molecule has 0 saturated carbocycles. The van der Waals surface area contributed by atoms with E-state index in [1.165, 1.54) is 0 Å². The molecule has 0 fully saturated rings. The second-order valence-electron chi connectivity index (χ2n) is 2.92. The van der Waals surface area contributed by atoms with Crippen LogP contribution in [0.4, 0.5) is 0 Å². The lowest BCUT2D eigenvalue weighted by atomic mass is 10.7. The molecule has 0 aliphatic rings. The molecule has 2 heteroatoms. The van der Waals surface area contributed by atoms with E-state index in [0.717, 1.165) is 0 Å². The molecule has 0 atom stereocenters. The Morgan fingerprint density at radius 3 is 1.75 bits per heavy atom. The van der Waals surface area contributed by atoms with Gasteiger partial charge in [-0.15, -0.1) is 0 Å². The third-order valence-electron chi connectivity index (χ3n) is 1.04. The molecule has 0 aliphatic carbocycles. The maximum absolute atomic E-state index is 9.12. The minimum Gasteiger partial charge on any atom is -0.518 e. The highest BCUT2D eigenvalue weighted by Gasteiger charge is 2.17. The highest BCUT2D eigenvalue weighted by Crippen LogP contribution is 2.09. The topological polar surface area (TPSA) is 20.2 Å². The summed E-state index contributed by atoms with van der Waals surface area (Å²) in [5.41, 5.74) is 0. The van der Waals surface area contributed by atoms with Crippen LogP contribution < -0.4 is 0 Å². The SMILES string of the molecule is CC=C(O)[Si](C)(C)C. The van der Waals surface area contributed by atoms with Gasteiger partial charge in [-0.25, -0.2) is 0 Å². The van der Waals surface area contributed by atoms with Crippen molar-refractivity contribution in [1.82, 2.24) is 0 Å². The molecule has 0 amide bonds. The monoisotopic (exact) mass is 130 g/mol. The molecule has 0 aromatic rings. The van der Waals surface area contributed by atoms with Crippen molar-refractivity contribution in [1.29, 1.82) is 0 Å². The summed E-state index contributed by atoms with van der Waals surface area (Å²) in [6.07, 6.45) is 1.78. The van der Waals surface area contributed by atoms with Crippen LogP contribution in [0.5, 0.6) is 0 Å². The zero-order valence-electron chi connectivity index (χ0n) is 6.02. The molecular weight excluding hydrogens is 116 g/mol. The van der Waals surface area contributed by atoms with Crippen LogP contribution in [0.15, 0.2) is 11.5 Å².